The largest absolute Gasteiger partial charge is 0.505 e. The van der Waals surface area contributed by atoms with E-state index in [4.69, 9.17) is 0 Å². The smallest absolute Gasteiger partial charge is 0.142 e. The monoisotopic (exact) mass is 219 g/mol. The second-order valence-corrected chi connectivity index (χ2v) is 5.62. The lowest BCUT2D eigenvalue weighted by Crippen LogP contribution is -2.19. The van der Waals surface area contributed by atoms with Crippen molar-refractivity contribution in [3.8, 4) is 5.75 Å². The highest BCUT2D eigenvalue weighted by molar-refractivity contribution is 5.62. The number of aromatic hydroxyl groups is 1. The molecule has 1 fully saturated rings. The molecule has 16 heavy (non-hydrogen) atoms. The molecule has 0 unspecified atom stereocenters. The Bertz CT molecular complexity index is 373. The van der Waals surface area contributed by atoms with Crippen molar-refractivity contribution in [1.82, 2.24) is 0 Å². The molecule has 0 aromatic heterocycles. The molecule has 2 rings (SSSR count). The van der Waals surface area contributed by atoms with Gasteiger partial charge < -0.3 is 10.0 Å². The van der Waals surface area contributed by atoms with Crippen LogP contribution in [0, 0.1) is 0 Å². The molecule has 1 aromatic rings. The van der Waals surface area contributed by atoms with E-state index in [1.165, 1.54) is 12.8 Å². The summed E-state index contributed by atoms with van der Waals surface area (Å²) in [6.45, 7) is 8.55. The predicted molar refractivity (Wildman–Crippen MR) is 68.3 cm³/mol. The first-order chi connectivity index (χ1) is 7.50. The van der Waals surface area contributed by atoms with E-state index in [1.54, 1.807) is 0 Å². The van der Waals surface area contributed by atoms with Crippen molar-refractivity contribution in [2.24, 2.45) is 0 Å². The van der Waals surface area contributed by atoms with Gasteiger partial charge in [-0.3, -0.25) is 0 Å². The number of hydrogen-bond donors (Lipinski definition) is 1. The quantitative estimate of drug-likeness (QED) is 0.783. The van der Waals surface area contributed by atoms with Gasteiger partial charge in [-0.05, 0) is 24.3 Å². The topological polar surface area (TPSA) is 23.5 Å². The van der Waals surface area contributed by atoms with Crippen molar-refractivity contribution in [2.75, 3.05) is 18.0 Å². The van der Waals surface area contributed by atoms with E-state index in [-0.39, 0.29) is 5.41 Å². The number of phenolic OH excluding ortho intramolecular Hbond substituents is 1. The van der Waals surface area contributed by atoms with Gasteiger partial charge in [-0.15, -0.1) is 0 Å². The number of anilines is 1. The Hall–Kier alpha value is -1.18. The Balaban J connectivity index is 2.40. The van der Waals surface area contributed by atoms with Gasteiger partial charge in [-0.2, -0.15) is 0 Å². The fraction of sp³-hybridized carbons (Fsp3) is 0.571. The van der Waals surface area contributed by atoms with Crippen LogP contribution in [0.4, 0.5) is 5.69 Å². The average molecular weight is 219 g/mol. The molecule has 1 aromatic carbocycles. The molecule has 0 spiro atoms. The van der Waals surface area contributed by atoms with Gasteiger partial charge in [0.1, 0.15) is 5.75 Å². The number of benzene rings is 1. The van der Waals surface area contributed by atoms with E-state index < -0.39 is 0 Å². The molecule has 1 aliphatic rings. The summed E-state index contributed by atoms with van der Waals surface area (Å²) >= 11 is 0. The third-order valence-electron chi connectivity index (χ3n) is 3.27. The zero-order valence-electron chi connectivity index (χ0n) is 10.5. The first-order valence-corrected chi connectivity index (χ1v) is 6.07. The molecular weight excluding hydrogens is 198 g/mol. The summed E-state index contributed by atoms with van der Waals surface area (Å²) in [7, 11) is 0. The molecule has 1 aliphatic heterocycles. The standard InChI is InChI=1S/C14H21NO/c1-14(2,3)11-7-6-8-12(13(11)16)15-9-4-5-10-15/h6-8,16H,4-5,9-10H2,1-3H3. The zero-order valence-corrected chi connectivity index (χ0v) is 10.5. The third-order valence-corrected chi connectivity index (χ3v) is 3.27. The van der Waals surface area contributed by atoms with Gasteiger partial charge in [0.2, 0.25) is 0 Å². The molecule has 1 heterocycles. The van der Waals surface area contributed by atoms with Crippen LogP contribution in [-0.2, 0) is 5.41 Å². The maximum atomic E-state index is 10.3. The number of phenols is 1. The van der Waals surface area contributed by atoms with E-state index >= 15 is 0 Å². The van der Waals surface area contributed by atoms with Crippen molar-refractivity contribution in [2.45, 2.75) is 39.0 Å². The van der Waals surface area contributed by atoms with Gasteiger partial charge in [-0.1, -0.05) is 32.9 Å². The number of para-hydroxylation sites is 1. The van der Waals surface area contributed by atoms with Gasteiger partial charge in [-0.25, -0.2) is 0 Å². The van der Waals surface area contributed by atoms with E-state index in [1.807, 2.05) is 18.2 Å². The Morgan fingerprint density at radius 2 is 1.75 bits per heavy atom. The lowest BCUT2D eigenvalue weighted by molar-refractivity contribution is 0.446. The van der Waals surface area contributed by atoms with Gasteiger partial charge in [0.15, 0.2) is 0 Å². The van der Waals surface area contributed by atoms with Crippen molar-refractivity contribution < 1.29 is 5.11 Å². The highest BCUT2D eigenvalue weighted by atomic mass is 16.3. The summed E-state index contributed by atoms with van der Waals surface area (Å²) in [5, 5.41) is 10.3. The Morgan fingerprint density at radius 1 is 1.12 bits per heavy atom. The molecule has 0 radical (unpaired) electrons. The van der Waals surface area contributed by atoms with Gasteiger partial charge in [0.05, 0.1) is 5.69 Å². The van der Waals surface area contributed by atoms with Crippen LogP contribution in [0.15, 0.2) is 18.2 Å². The Morgan fingerprint density at radius 3 is 2.31 bits per heavy atom. The molecule has 0 bridgehead atoms. The average Bonchev–Trinajstić information content (AvgIpc) is 2.69. The van der Waals surface area contributed by atoms with Gasteiger partial charge in [0, 0.05) is 18.7 Å². The lowest BCUT2D eigenvalue weighted by atomic mass is 9.86. The highest BCUT2D eigenvalue weighted by Gasteiger charge is 2.23. The summed E-state index contributed by atoms with van der Waals surface area (Å²) in [5.41, 5.74) is 2.04. The van der Waals surface area contributed by atoms with Crippen LogP contribution in [0.1, 0.15) is 39.2 Å². The van der Waals surface area contributed by atoms with Gasteiger partial charge in [0.25, 0.3) is 0 Å². The SMILES string of the molecule is CC(C)(C)c1cccc(N2CCCC2)c1O. The van der Waals surface area contributed by atoms with Crippen LogP contribution < -0.4 is 4.90 Å². The molecule has 0 aliphatic carbocycles. The maximum absolute atomic E-state index is 10.3. The van der Waals surface area contributed by atoms with E-state index in [0.717, 1.165) is 24.3 Å². The zero-order chi connectivity index (χ0) is 11.8. The maximum Gasteiger partial charge on any atom is 0.142 e. The molecule has 0 saturated carbocycles. The van der Waals surface area contributed by atoms with E-state index in [0.29, 0.717) is 5.75 Å². The summed E-state index contributed by atoms with van der Waals surface area (Å²) in [4.78, 5) is 2.28. The van der Waals surface area contributed by atoms with Crippen LogP contribution in [-0.4, -0.2) is 18.2 Å². The summed E-state index contributed by atoms with van der Waals surface area (Å²) in [6.07, 6.45) is 2.47. The fourth-order valence-electron chi connectivity index (χ4n) is 2.35. The summed E-state index contributed by atoms with van der Waals surface area (Å²) < 4.78 is 0. The highest BCUT2D eigenvalue weighted by Crippen LogP contribution is 2.38. The normalized spacial score (nSPS) is 16.8. The second-order valence-electron chi connectivity index (χ2n) is 5.62. The third kappa shape index (κ3) is 2.01. The van der Waals surface area contributed by atoms with Crippen molar-refractivity contribution in [1.29, 1.82) is 0 Å². The molecule has 2 nitrogen and oxygen atoms in total. The van der Waals surface area contributed by atoms with E-state index in [9.17, 15) is 5.11 Å². The molecule has 0 atom stereocenters. The van der Waals surface area contributed by atoms with Crippen molar-refractivity contribution in [3.05, 3.63) is 23.8 Å². The van der Waals surface area contributed by atoms with Crippen LogP contribution in [0.25, 0.3) is 0 Å². The molecule has 2 heteroatoms. The number of nitrogens with zero attached hydrogens (tertiary/aromatic N) is 1. The van der Waals surface area contributed by atoms with Crippen molar-refractivity contribution >= 4 is 5.69 Å². The van der Waals surface area contributed by atoms with Crippen LogP contribution in [0.2, 0.25) is 0 Å². The molecule has 0 amide bonds. The molecular formula is C14H21NO. The number of hydrogen-bond acceptors (Lipinski definition) is 2. The fourth-order valence-corrected chi connectivity index (χ4v) is 2.35. The van der Waals surface area contributed by atoms with Gasteiger partial charge >= 0.3 is 0 Å². The summed E-state index contributed by atoms with van der Waals surface area (Å²) in [5.74, 6) is 0.469. The minimum absolute atomic E-state index is 0.000181. The van der Waals surface area contributed by atoms with Crippen LogP contribution in [0.5, 0.6) is 5.75 Å². The molecule has 1 saturated heterocycles. The second kappa shape index (κ2) is 4.00. The van der Waals surface area contributed by atoms with Crippen LogP contribution >= 0.6 is 0 Å². The number of rotatable bonds is 1. The molecule has 1 N–H and O–H groups in total. The first kappa shape index (κ1) is 11.3. The van der Waals surface area contributed by atoms with Crippen LogP contribution in [0.3, 0.4) is 0 Å². The van der Waals surface area contributed by atoms with E-state index in [2.05, 4.69) is 25.7 Å². The minimum Gasteiger partial charge on any atom is -0.505 e. The summed E-state index contributed by atoms with van der Waals surface area (Å²) in [6, 6.07) is 6.10. The molecule has 88 valence electrons. The Kier molecular flexibility index (Phi) is 2.83. The van der Waals surface area contributed by atoms with Crippen molar-refractivity contribution in [3.63, 3.8) is 0 Å². The first-order valence-electron chi connectivity index (χ1n) is 6.07. The predicted octanol–water partition coefficient (Wildman–Crippen LogP) is 3.29. The lowest BCUT2D eigenvalue weighted by Gasteiger charge is -2.25. The Labute approximate surface area is 97.9 Å². The minimum atomic E-state index is -0.000181.